The van der Waals surface area contributed by atoms with Gasteiger partial charge in [0.1, 0.15) is 0 Å². The smallest absolute Gasteiger partial charge is 0.272 e. The van der Waals surface area contributed by atoms with Crippen molar-refractivity contribution < 1.29 is 9.59 Å². The van der Waals surface area contributed by atoms with E-state index in [-0.39, 0.29) is 23.9 Å². The predicted octanol–water partition coefficient (Wildman–Crippen LogP) is 2.16. The van der Waals surface area contributed by atoms with E-state index in [1.807, 2.05) is 31.3 Å². The molecule has 2 amide bonds. The summed E-state index contributed by atoms with van der Waals surface area (Å²) in [7, 11) is 1.88. The highest BCUT2D eigenvalue weighted by atomic mass is 35.5. The van der Waals surface area contributed by atoms with E-state index in [1.54, 1.807) is 4.68 Å². The van der Waals surface area contributed by atoms with Gasteiger partial charge in [-0.2, -0.15) is 5.10 Å². The van der Waals surface area contributed by atoms with Gasteiger partial charge in [-0.05, 0) is 31.0 Å². The fraction of sp³-hybridized carbons (Fsp3) is 0.450. The van der Waals surface area contributed by atoms with Crippen molar-refractivity contribution in [1.29, 1.82) is 0 Å². The average molecular weight is 402 g/mol. The summed E-state index contributed by atoms with van der Waals surface area (Å²) in [4.78, 5) is 26.6. The fourth-order valence-electron chi connectivity index (χ4n) is 4.07. The number of hydrogen-bond acceptors (Lipinski definition) is 4. The van der Waals surface area contributed by atoms with Crippen LogP contribution in [0.1, 0.15) is 53.1 Å². The van der Waals surface area contributed by atoms with Crippen molar-refractivity contribution in [2.24, 2.45) is 7.05 Å². The Labute approximate surface area is 169 Å². The molecular formula is C20H24ClN5O2. The zero-order chi connectivity index (χ0) is 19.8. The Morgan fingerprint density at radius 3 is 2.79 bits per heavy atom. The highest BCUT2D eigenvalue weighted by Gasteiger charge is 2.37. The molecule has 0 bridgehead atoms. The third kappa shape index (κ3) is 3.64. The molecule has 2 aromatic rings. The predicted molar refractivity (Wildman–Crippen MR) is 106 cm³/mol. The van der Waals surface area contributed by atoms with Gasteiger partial charge in [0.2, 0.25) is 5.91 Å². The first-order valence-corrected chi connectivity index (χ1v) is 9.92. The van der Waals surface area contributed by atoms with Gasteiger partial charge < -0.3 is 10.6 Å². The summed E-state index contributed by atoms with van der Waals surface area (Å²) in [5, 5.41) is 11.1. The van der Waals surface area contributed by atoms with Crippen LogP contribution in [0.3, 0.4) is 0 Å². The van der Waals surface area contributed by atoms with Crippen molar-refractivity contribution >= 4 is 23.4 Å². The van der Waals surface area contributed by atoms with Crippen LogP contribution in [0.5, 0.6) is 0 Å². The van der Waals surface area contributed by atoms with Crippen LogP contribution in [0.15, 0.2) is 24.3 Å². The second-order valence-corrected chi connectivity index (χ2v) is 7.99. The number of nitrogens with zero attached hydrogens (tertiary/aromatic N) is 3. The zero-order valence-electron chi connectivity index (χ0n) is 16.0. The Morgan fingerprint density at radius 2 is 2.11 bits per heavy atom. The molecule has 4 rings (SSSR count). The Morgan fingerprint density at radius 1 is 1.36 bits per heavy atom. The molecule has 2 aliphatic rings. The van der Waals surface area contributed by atoms with Crippen LogP contribution in [0.2, 0.25) is 5.02 Å². The maximum atomic E-state index is 12.8. The van der Waals surface area contributed by atoms with Gasteiger partial charge in [0.15, 0.2) is 5.69 Å². The molecule has 1 fully saturated rings. The van der Waals surface area contributed by atoms with E-state index in [1.165, 1.54) is 0 Å². The highest BCUT2D eigenvalue weighted by Crippen LogP contribution is 2.36. The Bertz CT molecular complexity index is 908. The van der Waals surface area contributed by atoms with E-state index in [0.29, 0.717) is 23.7 Å². The fourth-order valence-corrected chi connectivity index (χ4v) is 4.20. The summed E-state index contributed by atoms with van der Waals surface area (Å²) in [6.07, 6.45) is 1.46. The number of carbonyl (C=O) groups excluding carboxylic acids is 2. The van der Waals surface area contributed by atoms with E-state index < -0.39 is 0 Å². The third-order valence-corrected chi connectivity index (χ3v) is 5.90. The number of fused-ring (bicyclic) bond motifs is 1. The summed E-state index contributed by atoms with van der Waals surface area (Å²) in [6.45, 7) is 4.04. The first-order chi connectivity index (χ1) is 13.4. The van der Waals surface area contributed by atoms with Crippen LogP contribution in [-0.4, -0.2) is 39.1 Å². The van der Waals surface area contributed by atoms with Crippen LogP contribution in [0.4, 0.5) is 0 Å². The van der Waals surface area contributed by atoms with Gasteiger partial charge in [-0.15, -0.1) is 0 Å². The number of carbonyl (C=O) groups is 2. The Kier molecular flexibility index (Phi) is 5.12. The van der Waals surface area contributed by atoms with E-state index in [0.717, 1.165) is 36.3 Å². The lowest BCUT2D eigenvalue weighted by Crippen LogP contribution is -2.38. The highest BCUT2D eigenvalue weighted by molar-refractivity contribution is 6.30. The molecule has 28 heavy (non-hydrogen) atoms. The lowest BCUT2D eigenvalue weighted by atomic mass is 10.1. The summed E-state index contributed by atoms with van der Waals surface area (Å²) in [6, 6.07) is 7.67. The van der Waals surface area contributed by atoms with Gasteiger partial charge in [0.25, 0.3) is 5.91 Å². The molecule has 0 unspecified atom stereocenters. The Hall–Kier alpha value is -2.38. The largest absolute Gasteiger partial charge is 0.352 e. The maximum Gasteiger partial charge on any atom is 0.272 e. The molecule has 0 saturated carbocycles. The second-order valence-electron chi connectivity index (χ2n) is 7.55. The molecule has 1 aromatic heterocycles. The zero-order valence-corrected chi connectivity index (χ0v) is 16.8. The Balaban J connectivity index is 1.45. The minimum atomic E-state index is -0.172. The van der Waals surface area contributed by atoms with Gasteiger partial charge in [-0.3, -0.25) is 19.2 Å². The van der Waals surface area contributed by atoms with Crippen LogP contribution in [-0.2, 0) is 24.9 Å². The normalized spacial score (nSPS) is 21.6. The van der Waals surface area contributed by atoms with Crippen molar-refractivity contribution in [3.05, 3.63) is 51.8 Å². The van der Waals surface area contributed by atoms with Gasteiger partial charge in [0.05, 0.1) is 5.69 Å². The van der Waals surface area contributed by atoms with Gasteiger partial charge in [0, 0.05) is 55.8 Å². The van der Waals surface area contributed by atoms with Crippen LogP contribution < -0.4 is 10.6 Å². The quantitative estimate of drug-likeness (QED) is 0.804. The number of halogens is 1. The van der Waals surface area contributed by atoms with Crippen LogP contribution in [0.25, 0.3) is 0 Å². The molecule has 7 nitrogen and oxygen atoms in total. The van der Waals surface area contributed by atoms with E-state index in [9.17, 15) is 9.59 Å². The summed E-state index contributed by atoms with van der Waals surface area (Å²) < 4.78 is 1.80. The van der Waals surface area contributed by atoms with Crippen molar-refractivity contribution in [2.45, 2.75) is 44.9 Å². The van der Waals surface area contributed by atoms with Crippen LogP contribution in [0, 0.1) is 0 Å². The molecule has 2 N–H and O–H groups in total. The molecule has 8 heteroatoms. The molecule has 1 aromatic carbocycles. The molecule has 2 atom stereocenters. The maximum absolute atomic E-state index is 12.8. The lowest BCUT2D eigenvalue weighted by molar-refractivity contribution is -0.119. The number of amides is 2. The van der Waals surface area contributed by atoms with Crippen molar-refractivity contribution in [3.8, 4) is 0 Å². The third-order valence-electron chi connectivity index (χ3n) is 5.65. The monoisotopic (exact) mass is 401 g/mol. The molecule has 0 radical (unpaired) electrons. The number of rotatable bonds is 5. The first-order valence-electron chi connectivity index (χ1n) is 9.54. The summed E-state index contributed by atoms with van der Waals surface area (Å²) in [5.41, 5.74) is 3.52. The van der Waals surface area contributed by atoms with E-state index in [2.05, 4.69) is 27.6 Å². The first kappa shape index (κ1) is 19.0. The second kappa shape index (κ2) is 7.56. The minimum absolute atomic E-state index is 0.0810. The molecule has 148 valence electrons. The number of nitrogens with one attached hydrogen (secondary N) is 2. The number of aromatic nitrogens is 2. The van der Waals surface area contributed by atoms with Crippen molar-refractivity contribution in [1.82, 2.24) is 25.3 Å². The van der Waals surface area contributed by atoms with Crippen molar-refractivity contribution in [2.75, 3.05) is 6.54 Å². The average Bonchev–Trinajstić information content (AvgIpc) is 3.32. The molecule has 3 heterocycles. The van der Waals surface area contributed by atoms with Gasteiger partial charge in [-0.1, -0.05) is 23.7 Å². The standard InChI is InChI=1S/C20H24ClN5O2/c1-12-18-16(11-26(12)10-15-7-8-17(27)23-15)25(2)24-19(18)20(28)22-9-13-3-5-14(21)6-4-13/h3-6,12,15H,7-11H2,1-2H3,(H,22,28)(H,23,27)/t12-,15-/m1/s1. The van der Waals surface area contributed by atoms with E-state index in [4.69, 9.17) is 11.6 Å². The molecule has 0 spiro atoms. The number of hydrogen-bond donors (Lipinski definition) is 2. The lowest BCUT2D eigenvalue weighted by Gasteiger charge is -2.25. The van der Waals surface area contributed by atoms with Gasteiger partial charge in [-0.25, -0.2) is 0 Å². The topological polar surface area (TPSA) is 79.3 Å². The summed E-state index contributed by atoms with van der Waals surface area (Å²) in [5.74, 6) is -0.0482. The minimum Gasteiger partial charge on any atom is -0.352 e. The summed E-state index contributed by atoms with van der Waals surface area (Å²) >= 11 is 5.91. The molecule has 2 aliphatic heterocycles. The SMILES string of the molecule is C[C@@H]1c2c(C(=O)NCc3ccc(Cl)cc3)nn(C)c2CN1C[C@H]1CCC(=O)N1. The van der Waals surface area contributed by atoms with Crippen LogP contribution >= 0.6 is 11.6 Å². The molecular weight excluding hydrogens is 378 g/mol. The number of aryl methyl sites for hydroxylation is 1. The van der Waals surface area contributed by atoms with Gasteiger partial charge >= 0.3 is 0 Å². The van der Waals surface area contributed by atoms with E-state index >= 15 is 0 Å². The number of benzene rings is 1. The van der Waals surface area contributed by atoms with Crippen molar-refractivity contribution in [3.63, 3.8) is 0 Å². The molecule has 0 aliphatic carbocycles. The molecule has 1 saturated heterocycles.